The molecular formula is C29H30F7NO6S. The number of hydrogen-bond donors (Lipinski definition) is 1. The van der Waals surface area contributed by atoms with E-state index in [4.69, 9.17) is 4.74 Å². The van der Waals surface area contributed by atoms with Crippen molar-refractivity contribution in [1.82, 2.24) is 4.90 Å². The first-order chi connectivity index (χ1) is 20.4. The minimum absolute atomic E-state index is 0.103. The van der Waals surface area contributed by atoms with Gasteiger partial charge in [-0.2, -0.15) is 26.3 Å². The smallest absolute Gasteiger partial charge is 0.435 e. The molecule has 2 aliphatic rings. The molecule has 7 nitrogen and oxygen atoms in total. The van der Waals surface area contributed by atoms with Gasteiger partial charge in [0.05, 0.1) is 24.5 Å². The zero-order valence-corrected chi connectivity index (χ0v) is 24.2. The van der Waals surface area contributed by atoms with E-state index >= 15 is 0 Å². The van der Waals surface area contributed by atoms with Crippen LogP contribution in [-0.4, -0.2) is 62.9 Å². The Morgan fingerprint density at radius 3 is 2.02 bits per heavy atom. The van der Waals surface area contributed by atoms with E-state index in [1.165, 1.54) is 36.3 Å². The number of likely N-dealkylation sites (tertiary alicyclic amines) is 1. The average Bonchev–Trinajstić information content (AvgIpc) is 3.46. The molecule has 0 radical (unpaired) electrons. The maximum atomic E-state index is 14.7. The third-order valence-electron chi connectivity index (χ3n) is 8.65. The van der Waals surface area contributed by atoms with Gasteiger partial charge in [0.1, 0.15) is 4.75 Å². The minimum Gasteiger partial charge on any atom is -0.469 e. The zero-order valence-electron chi connectivity index (χ0n) is 23.4. The number of halogens is 7. The highest BCUT2D eigenvalue weighted by Gasteiger charge is 2.73. The number of carbonyl (C=O) groups is 2. The normalized spacial score (nSPS) is 23.4. The van der Waals surface area contributed by atoms with Crippen LogP contribution in [0.5, 0.6) is 0 Å². The Labute approximate surface area is 248 Å². The van der Waals surface area contributed by atoms with Crippen LogP contribution in [-0.2, 0) is 41.2 Å². The van der Waals surface area contributed by atoms with Crippen molar-refractivity contribution in [3.63, 3.8) is 0 Å². The molecule has 1 aliphatic carbocycles. The standard InChI is InChI=1S/C29H30F7NO6S/c1-43-25(40)20-7-5-19(6-8-20)24(39)37-14-13-26(17-37,44(41,42)23-4-2-3-18(15-23)16-38)21-9-11-22(12-10-21)27(30,28(31,32)33)29(34,35)36/h2-4,9-12,15,19-20,38H,5-8,13-14,16-17H2,1H3. The van der Waals surface area contributed by atoms with Gasteiger partial charge in [-0.05, 0) is 55.4 Å². The van der Waals surface area contributed by atoms with Crippen LogP contribution in [0.4, 0.5) is 30.7 Å². The van der Waals surface area contributed by atoms with Crippen LogP contribution < -0.4 is 0 Å². The summed E-state index contributed by atoms with van der Waals surface area (Å²) in [6, 6.07) is 7.16. The molecule has 2 aromatic rings. The third-order valence-corrected chi connectivity index (χ3v) is 11.1. The first-order valence-electron chi connectivity index (χ1n) is 13.7. The van der Waals surface area contributed by atoms with Crippen molar-refractivity contribution >= 4 is 21.7 Å². The second-order valence-corrected chi connectivity index (χ2v) is 13.4. The SMILES string of the molecule is COC(=O)C1CCC(C(=O)N2CCC(c3ccc(C(F)(C(F)(F)F)C(F)(F)F)cc3)(S(=O)(=O)c3cccc(CO)c3)C2)CC1. The first kappa shape index (κ1) is 33.7. The highest BCUT2D eigenvalue weighted by Crippen LogP contribution is 2.54. The Balaban J connectivity index is 1.74. The minimum atomic E-state index is -6.36. The van der Waals surface area contributed by atoms with E-state index in [2.05, 4.69) is 0 Å². The fourth-order valence-corrected chi connectivity index (χ4v) is 8.26. The maximum Gasteiger partial charge on any atom is 0.435 e. The lowest BCUT2D eigenvalue weighted by Gasteiger charge is -2.33. The first-order valence-corrected chi connectivity index (χ1v) is 15.2. The second-order valence-electron chi connectivity index (χ2n) is 11.1. The molecule has 2 fully saturated rings. The molecule has 2 aromatic carbocycles. The third kappa shape index (κ3) is 5.68. The number of methoxy groups -OCH3 is 1. The Morgan fingerprint density at radius 1 is 0.932 bits per heavy atom. The molecule has 1 saturated heterocycles. The van der Waals surface area contributed by atoms with E-state index in [9.17, 15) is 53.8 Å². The lowest BCUT2D eigenvalue weighted by Crippen LogP contribution is -2.50. The summed E-state index contributed by atoms with van der Waals surface area (Å²) in [5, 5.41) is 9.54. The summed E-state index contributed by atoms with van der Waals surface area (Å²) < 4.78 is 126. The fourth-order valence-electron chi connectivity index (χ4n) is 6.11. The van der Waals surface area contributed by atoms with Crippen molar-refractivity contribution in [3.05, 3.63) is 65.2 Å². The van der Waals surface area contributed by atoms with E-state index in [0.717, 1.165) is 0 Å². The number of aliphatic hydroxyl groups excluding tert-OH is 1. The van der Waals surface area contributed by atoms with Gasteiger partial charge in [-0.1, -0.05) is 36.4 Å². The van der Waals surface area contributed by atoms with Crippen molar-refractivity contribution in [3.8, 4) is 0 Å². The van der Waals surface area contributed by atoms with Crippen LogP contribution in [0, 0.1) is 11.8 Å². The Morgan fingerprint density at radius 2 is 1.50 bits per heavy atom. The van der Waals surface area contributed by atoms with Crippen LogP contribution in [0.1, 0.15) is 48.8 Å². The fraction of sp³-hybridized carbons (Fsp3) is 0.517. The summed E-state index contributed by atoms with van der Waals surface area (Å²) >= 11 is 0. The van der Waals surface area contributed by atoms with Gasteiger partial charge in [0, 0.05) is 24.6 Å². The molecule has 1 amide bonds. The van der Waals surface area contributed by atoms with E-state index in [1.807, 2.05) is 0 Å². The van der Waals surface area contributed by atoms with Crippen molar-refractivity contribution in [1.29, 1.82) is 0 Å². The van der Waals surface area contributed by atoms with Gasteiger partial charge < -0.3 is 14.7 Å². The highest BCUT2D eigenvalue weighted by molar-refractivity contribution is 7.92. The van der Waals surface area contributed by atoms with E-state index in [-0.39, 0.29) is 47.0 Å². The lowest BCUT2D eigenvalue weighted by atomic mass is 9.81. The molecule has 0 bridgehead atoms. The van der Waals surface area contributed by atoms with Gasteiger partial charge in [0.2, 0.25) is 5.91 Å². The molecule has 1 heterocycles. The van der Waals surface area contributed by atoms with Crippen molar-refractivity contribution in [2.45, 2.75) is 66.4 Å². The monoisotopic (exact) mass is 653 g/mol. The number of amides is 1. The van der Waals surface area contributed by atoms with Gasteiger partial charge in [-0.3, -0.25) is 9.59 Å². The van der Waals surface area contributed by atoms with Gasteiger partial charge in [-0.25, -0.2) is 12.8 Å². The number of nitrogens with zero attached hydrogens (tertiary/aromatic N) is 1. The van der Waals surface area contributed by atoms with Gasteiger partial charge in [-0.15, -0.1) is 0 Å². The quantitative estimate of drug-likeness (QED) is 0.320. The molecular weight excluding hydrogens is 623 g/mol. The van der Waals surface area contributed by atoms with Crippen LogP contribution in [0.3, 0.4) is 0 Å². The number of hydrogen-bond acceptors (Lipinski definition) is 6. The highest BCUT2D eigenvalue weighted by atomic mass is 32.2. The largest absolute Gasteiger partial charge is 0.469 e. The van der Waals surface area contributed by atoms with Crippen LogP contribution in [0.25, 0.3) is 0 Å². The Bertz CT molecular complexity index is 1470. The van der Waals surface area contributed by atoms with Gasteiger partial charge >= 0.3 is 24.0 Å². The second kappa shape index (κ2) is 12.0. The average molecular weight is 654 g/mol. The summed E-state index contributed by atoms with van der Waals surface area (Å²) in [6.45, 7) is -1.10. The summed E-state index contributed by atoms with van der Waals surface area (Å²) in [5.74, 6) is -1.72. The molecule has 0 spiro atoms. The van der Waals surface area contributed by atoms with E-state index in [0.29, 0.717) is 37.8 Å². The number of benzene rings is 2. The predicted molar refractivity (Wildman–Crippen MR) is 141 cm³/mol. The van der Waals surface area contributed by atoms with E-state index < -0.39 is 69.1 Å². The van der Waals surface area contributed by atoms with E-state index in [1.54, 1.807) is 0 Å². The summed E-state index contributed by atoms with van der Waals surface area (Å²) in [5.41, 5.74) is -7.49. The van der Waals surface area contributed by atoms with Gasteiger partial charge in [0.15, 0.2) is 9.84 Å². The number of rotatable bonds is 7. The summed E-state index contributed by atoms with van der Waals surface area (Å²) in [7, 11) is -3.26. The lowest BCUT2D eigenvalue weighted by molar-refractivity contribution is -0.348. The molecule has 1 atom stereocenters. The maximum absolute atomic E-state index is 14.7. The Kier molecular flexibility index (Phi) is 9.15. The van der Waals surface area contributed by atoms with Crippen molar-refractivity contribution in [2.24, 2.45) is 11.8 Å². The number of alkyl halides is 7. The topological polar surface area (TPSA) is 101 Å². The molecule has 1 saturated carbocycles. The summed E-state index contributed by atoms with van der Waals surface area (Å²) in [6.07, 6.45) is -11.6. The van der Waals surface area contributed by atoms with Crippen LogP contribution in [0.15, 0.2) is 53.4 Å². The zero-order chi connectivity index (χ0) is 32.7. The molecule has 242 valence electrons. The molecule has 4 rings (SSSR count). The van der Waals surface area contributed by atoms with Gasteiger partial charge in [0.25, 0.3) is 0 Å². The number of ether oxygens (including phenoxy) is 1. The molecule has 15 heteroatoms. The number of esters is 1. The summed E-state index contributed by atoms with van der Waals surface area (Å²) in [4.78, 5) is 26.4. The molecule has 1 N–H and O–H groups in total. The molecule has 44 heavy (non-hydrogen) atoms. The number of sulfone groups is 1. The van der Waals surface area contributed by atoms with Crippen molar-refractivity contribution < 1.29 is 58.6 Å². The number of carbonyl (C=O) groups excluding carboxylic acids is 2. The Hall–Kier alpha value is -3.20. The van der Waals surface area contributed by atoms with Crippen molar-refractivity contribution in [2.75, 3.05) is 20.2 Å². The molecule has 0 aromatic heterocycles. The predicted octanol–water partition coefficient (Wildman–Crippen LogP) is 5.35. The van der Waals surface area contributed by atoms with Crippen LogP contribution >= 0.6 is 0 Å². The molecule has 1 unspecified atom stereocenters. The van der Waals surface area contributed by atoms with Crippen LogP contribution in [0.2, 0.25) is 0 Å². The number of aliphatic hydroxyl groups is 1. The molecule has 1 aliphatic heterocycles.